The molecule has 0 aliphatic heterocycles. The highest BCUT2D eigenvalue weighted by atomic mass is 32.2. The van der Waals surface area contributed by atoms with Crippen LogP contribution in [0.25, 0.3) is 0 Å². The number of sulfonamides is 1. The molecule has 0 bridgehead atoms. The summed E-state index contributed by atoms with van der Waals surface area (Å²) in [5, 5.41) is 19.0. The molecule has 134 valence electrons. The first kappa shape index (κ1) is 18.6. The van der Waals surface area contributed by atoms with Gasteiger partial charge in [0.1, 0.15) is 5.69 Å². The lowest BCUT2D eigenvalue weighted by Gasteiger charge is -2.16. The molecule has 0 unspecified atom stereocenters. The quantitative estimate of drug-likeness (QED) is 0.334. The number of nitrogens with zero attached hydrogens (tertiary/aromatic N) is 1. The topological polar surface area (TPSA) is 125 Å². The molecule has 0 saturated heterocycles. The molecule has 1 saturated carbocycles. The first-order valence-corrected chi connectivity index (χ1v) is 9.59. The Bertz CT molecular complexity index is 670. The van der Waals surface area contributed by atoms with Gasteiger partial charge in [-0.3, -0.25) is 10.1 Å². The SMILES string of the molecule is NS(=O)(=O)c1ccc(NCCOC2CCCCCC2)c([N+](=O)[O-])c1. The number of anilines is 1. The first-order valence-electron chi connectivity index (χ1n) is 8.04. The van der Waals surface area contributed by atoms with Crippen LogP contribution in [0, 0.1) is 10.1 Å². The predicted molar refractivity (Wildman–Crippen MR) is 90.4 cm³/mol. The minimum atomic E-state index is -3.98. The molecule has 2 rings (SSSR count). The molecule has 3 N–H and O–H groups in total. The molecule has 1 aliphatic rings. The number of rotatable bonds is 7. The summed E-state index contributed by atoms with van der Waals surface area (Å²) < 4.78 is 28.4. The number of nitrogens with one attached hydrogen (secondary N) is 1. The average molecular weight is 357 g/mol. The van der Waals surface area contributed by atoms with Crippen molar-refractivity contribution >= 4 is 21.4 Å². The molecule has 0 radical (unpaired) electrons. The van der Waals surface area contributed by atoms with Crippen molar-refractivity contribution in [3.63, 3.8) is 0 Å². The van der Waals surface area contributed by atoms with Gasteiger partial charge >= 0.3 is 0 Å². The van der Waals surface area contributed by atoms with E-state index in [2.05, 4.69) is 5.32 Å². The van der Waals surface area contributed by atoms with Crippen LogP contribution in [-0.4, -0.2) is 32.6 Å². The Labute approximate surface area is 141 Å². The van der Waals surface area contributed by atoms with Gasteiger partial charge in [-0.1, -0.05) is 25.7 Å². The van der Waals surface area contributed by atoms with Crippen molar-refractivity contribution < 1.29 is 18.1 Å². The molecular formula is C15H23N3O5S. The number of ether oxygens (including phenoxy) is 1. The van der Waals surface area contributed by atoms with Crippen molar-refractivity contribution in [3.8, 4) is 0 Å². The Balaban J connectivity index is 1.93. The van der Waals surface area contributed by atoms with Crippen molar-refractivity contribution in [2.24, 2.45) is 5.14 Å². The number of hydrogen-bond acceptors (Lipinski definition) is 6. The summed E-state index contributed by atoms with van der Waals surface area (Å²) in [6.07, 6.45) is 7.24. The summed E-state index contributed by atoms with van der Waals surface area (Å²) in [5.74, 6) is 0. The fourth-order valence-corrected chi connectivity index (χ4v) is 3.34. The molecule has 1 aliphatic carbocycles. The average Bonchev–Trinajstić information content (AvgIpc) is 2.79. The van der Waals surface area contributed by atoms with Crippen LogP contribution in [0.2, 0.25) is 0 Å². The monoisotopic (exact) mass is 357 g/mol. The molecule has 0 aromatic heterocycles. The molecule has 0 atom stereocenters. The van der Waals surface area contributed by atoms with E-state index in [1.54, 1.807) is 0 Å². The Hall–Kier alpha value is -1.71. The van der Waals surface area contributed by atoms with Crippen molar-refractivity contribution in [1.29, 1.82) is 0 Å². The van der Waals surface area contributed by atoms with Crippen LogP contribution in [0.1, 0.15) is 38.5 Å². The van der Waals surface area contributed by atoms with Crippen molar-refractivity contribution in [2.45, 2.75) is 49.5 Å². The van der Waals surface area contributed by atoms with Gasteiger partial charge in [0.15, 0.2) is 0 Å². The van der Waals surface area contributed by atoms with E-state index in [1.165, 1.54) is 37.8 Å². The second kappa shape index (κ2) is 8.41. The van der Waals surface area contributed by atoms with Crippen LogP contribution in [0.5, 0.6) is 0 Å². The highest BCUT2D eigenvalue weighted by molar-refractivity contribution is 7.89. The van der Waals surface area contributed by atoms with Crippen molar-refractivity contribution in [1.82, 2.24) is 0 Å². The number of nitrogens with two attached hydrogens (primary N) is 1. The third-order valence-corrected chi connectivity index (χ3v) is 4.98. The van der Waals surface area contributed by atoms with Gasteiger partial charge in [0, 0.05) is 12.6 Å². The van der Waals surface area contributed by atoms with E-state index in [1.807, 2.05) is 0 Å². The Kier molecular flexibility index (Phi) is 6.52. The number of nitro benzene ring substituents is 1. The van der Waals surface area contributed by atoms with Gasteiger partial charge in [-0.15, -0.1) is 0 Å². The molecule has 1 aromatic rings. The molecule has 0 heterocycles. The maximum absolute atomic E-state index is 11.3. The van der Waals surface area contributed by atoms with E-state index in [0.29, 0.717) is 13.2 Å². The third-order valence-electron chi connectivity index (χ3n) is 4.07. The summed E-state index contributed by atoms with van der Waals surface area (Å²) in [6, 6.07) is 3.56. The minimum Gasteiger partial charge on any atom is -0.377 e. The lowest BCUT2D eigenvalue weighted by molar-refractivity contribution is -0.384. The third kappa shape index (κ3) is 5.43. The highest BCUT2D eigenvalue weighted by Crippen LogP contribution is 2.27. The van der Waals surface area contributed by atoms with Gasteiger partial charge in [-0.05, 0) is 25.0 Å². The summed E-state index contributed by atoms with van der Waals surface area (Å²) >= 11 is 0. The zero-order valence-electron chi connectivity index (χ0n) is 13.4. The largest absolute Gasteiger partial charge is 0.377 e. The van der Waals surface area contributed by atoms with Crippen LogP contribution >= 0.6 is 0 Å². The van der Waals surface area contributed by atoms with E-state index in [-0.39, 0.29) is 22.4 Å². The van der Waals surface area contributed by atoms with Crippen LogP contribution in [0.15, 0.2) is 23.1 Å². The van der Waals surface area contributed by atoms with Crippen LogP contribution < -0.4 is 10.5 Å². The van der Waals surface area contributed by atoms with Crippen LogP contribution in [-0.2, 0) is 14.8 Å². The fraction of sp³-hybridized carbons (Fsp3) is 0.600. The maximum atomic E-state index is 11.3. The lowest BCUT2D eigenvalue weighted by atomic mass is 10.1. The van der Waals surface area contributed by atoms with Gasteiger partial charge in [-0.2, -0.15) is 0 Å². The van der Waals surface area contributed by atoms with Gasteiger partial charge in [0.2, 0.25) is 10.0 Å². The molecule has 24 heavy (non-hydrogen) atoms. The van der Waals surface area contributed by atoms with Gasteiger partial charge in [-0.25, -0.2) is 13.6 Å². The van der Waals surface area contributed by atoms with E-state index < -0.39 is 14.9 Å². The summed E-state index contributed by atoms with van der Waals surface area (Å²) in [7, 11) is -3.98. The Morgan fingerprint density at radius 2 is 1.92 bits per heavy atom. The van der Waals surface area contributed by atoms with Gasteiger partial charge < -0.3 is 10.1 Å². The van der Waals surface area contributed by atoms with Gasteiger partial charge in [0.25, 0.3) is 5.69 Å². The first-order chi connectivity index (χ1) is 11.4. The van der Waals surface area contributed by atoms with E-state index in [4.69, 9.17) is 9.88 Å². The summed E-state index contributed by atoms with van der Waals surface area (Å²) in [5.41, 5.74) is -0.0761. The van der Waals surface area contributed by atoms with Gasteiger partial charge in [0.05, 0.1) is 22.5 Å². The lowest BCUT2D eigenvalue weighted by Crippen LogP contribution is -2.18. The molecule has 9 heteroatoms. The number of hydrogen-bond donors (Lipinski definition) is 2. The maximum Gasteiger partial charge on any atom is 0.293 e. The Morgan fingerprint density at radius 1 is 1.25 bits per heavy atom. The van der Waals surface area contributed by atoms with E-state index in [0.717, 1.165) is 18.9 Å². The van der Waals surface area contributed by atoms with E-state index in [9.17, 15) is 18.5 Å². The molecular weight excluding hydrogens is 334 g/mol. The van der Waals surface area contributed by atoms with Crippen molar-refractivity contribution in [3.05, 3.63) is 28.3 Å². The standard InChI is InChI=1S/C15H23N3O5S/c16-24(21,22)13-7-8-14(15(11-13)18(19)20)17-9-10-23-12-5-3-1-2-4-6-12/h7-8,11-12,17H,1-6,9-10H2,(H2,16,21,22). The molecule has 1 aromatic carbocycles. The zero-order valence-corrected chi connectivity index (χ0v) is 14.3. The molecule has 0 spiro atoms. The second-order valence-corrected chi connectivity index (χ2v) is 7.45. The second-order valence-electron chi connectivity index (χ2n) is 5.89. The smallest absolute Gasteiger partial charge is 0.293 e. The normalized spacial score (nSPS) is 16.5. The zero-order chi connectivity index (χ0) is 17.6. The molecule has 0 amide bonds. The number of nitro groups is 1. The van der Waals surface area contributed by atoms with Crippen LogP contribution in [0.4, 0.5) is 11.4 Å². The molecule has 1 fully saturated rings. The molecule has 8 nitrogen and oxygen atoms in total. The number of benzene rings is 1. The van der Waals surface area contributed by atoms with Crippen LogP contribution in [0.3, 0.4) is 0 Å². The highest BCUT2D eigenvalue weighted by Gasteiger charge is 2.19. The fourth-order valence-electron chi connectivity index (χ4n) is 2.81. The van der Waals surface area contributed by atoms with E-state index >= 15 is 0 Å². The van der Waals surface area contributed by atoms with Crippen molar-refractivity contribution in [2.75, 3.05) is 18.5 Å². The summed E-state index contributed by atoms with van der Waals surface area (Å²) in [4.78, 5) is 10.2. The minimum absolute atomic E-state index is 0.247. The summed E-state index contributed by atoms with van der Waals surface area (Å²) in [6.45, 7) is 0.852. The number of primary sulfonamides is 1. The predicted octanol–water partition coefficient (Wildman–Crippen LogP) is 2.39. The Morgan fingerprint density at radius 3 is 2.50 bits per heavy atom.